The van der Waals surface area contributed by atoms with Gasteiger partial charge in [-0.1, -0.05) is 11.6 Å². The van der Waals surface area contributed by atoms with Gasteiger partial charge in [0.1, 0.15) is 36.4 Å². The highest BCUT2D eigenvalue weighted by Crippen LogP contribution is 2.33. The molecule has 0 aliphatic carbocycles. The number of rotatable bonds is 7. The molecule has 0 radical (unpaired) electrons. The Kier molecular flexibility index (Phi) is 7.02. The Morgan fingerprint density at radius 1 is 1.06 bits per heavy atom. The SMILES string of the molecule is O=C(O)Cc1cc(F)cc(NC(=O)c2cc(Cl)c(OC[C@H]3COc4cc(F)ccc4O3)cc2F)c1. The molecule has 0 spiro atoms. The van der Waals surface area contributed by atoms with E-state index in [-0.39, 0.29) is 41.0 Å². The first-order chi connectivity index (χ1) is 16.7. The summed E-state index contributed by atoms with van der Waals surface area (Å²) in [4.78, 5) is 23.4. The monoisotopic (exact) mass is 507 g/mol. The predicted molar refractivity (Wildman–Crippen MR) is 119 cm³/mol. The number of carbonyl (C=O) groups is 2. The summed E-state index contributed by atoms with van der Waals surface area (Å²) in [6.07, 6.45) is -1.03. The van der Waals surface area contributed by atoms with E-state index < -0.39 is 47.4 Å². The molecule has 2 N–H and O–H groups in total. The first-order valence-corrected chi connectivity index (χ1v) is 10.6. The van der Waals surface area contributed by atoms with Crippen molar-refractivity contribution < 1.29 is 42.1 Å². The van der Waals surface area contributed by atoms with Crippen LogP contribution in [0.1, 0.15) is 15.9 Å². The van der Waals surface area contributed by atoms with Crippen LogP contribution in [0, 0.1) is 17.5 Å². The van der Waals surface area contributed by atoms with Gasteiger partial charge in [-0.3, -0.25) is 9.59 Å². The number of ether oxygens (including phenoxy) is 3. The van der Waals surface area contributed by atoms with Crippen LogP contribution in [0.4, 0.5) is 18.9 Å². The van der Waals surface area contributed by atoms with E-state index in [1.165, 1.54) is 24.3 Å². The maximum Gasteiger partial charge on any atom is 0.307 e. The zero-order valence-electron chi connectivity index (χ0n) is 17.8. The molecular weight excluding hydrogens is 491 g/mol. The van der Waals surface area contributed by atoms with Gasteiger partial charge >= 0.3 is 5.97 Å². The second-order valence-electron chi connectivity index (χ2n) is 7.59. The van der Waals surface area contributed by atoms with Gasteiger partial charge in [0.15, 0.2) is 17.6 Å². The number of benzene rings is 3. The van der Waals surface area contributed by atoms with Crippen molar-refractivity contribution in [1.29, 1.82) is 0 Å². The van der Waals surface area contributed by atoms with E-state index in [0.29, 0.717) is 5.75 Å². The molecule has 4 rings (SSSR count). The molecule has 0 saturated carbocycles. The summed E-state index contributed by atoms with van der Waals surface area (Å²) in [5.74, 6) is -3.74. The number of anilines is 1. The number of fused-ring (bicyclic) bond motifs is 1. The lowest BCUT2D eigenvalue weighted by Gasteiger charge is -2.26. The lowest BCUT2D eigenvalue weighted by molar-refractivity contribution is -0.136. The number of hydrogen-bond acceptors (Lipinski definition) is 5. The quantitative estimate of drug-likeness (QED) is 0.474. The fourth-order valence-electron chi connectivity index (χ4n) is 3.36. The van der Waals surface area contributed by atoms with E-state index in [1.54, 1.807) is 0 Å². The number of nitrogens with one attached hydrogen (secondary N) is 1. The van der Waals surface area contributed by atoms with Crippen molar-refractivity contribution in [1.82, 2.24) is 0 Å². The van der Waals surface area contributed by atoms with Crippen LogP contribution in [0.5, 0.6) is 17.2 Å². The Labute approximate surface area is 202 Å². The standard InChI is InChI=1S/C24H17ClF3NO6/c25-18-8-17(24(32)29-15-4-12(5-23(30)31)3-14(27)6-15)19(28)9-21(18)33-10-16-11-34-22-7-13(26)1-2-20(22)35-16/h1-4,6-9,16H,5,10-11H2,(H,29,32)(H,30,31)/t16-/m0/s1. The normalized spacial score (nSPS) is 14.3. The number of hydrogen-bond donors (Lipinski definition) is 2. The van der Waals surface area contributed by atoms with Crippen LogP contribution in [0.2, 0.25) is 5.02 Å². The molecule has 1 aliphatic rings. The largest absolute Gasteiger partial charge is 0.488 e. The Morgan fingerprint density at radius 2 is 1.86 bits per heavy atom. The Hall–Kier alpha value is -3.92. The number of aliphatic carboxylic acids is 1. The molecule has 11 heteroatoms. The summed E-state index contributed by atoms with van der Waals surface area (Å²) in [7, 11) is 0. The molecule has 0 fully saturated rings. The third-order valence-corrected chi connectivity index (χ3v) is 5.18. The van der Waals surface area contributed by atoms with E-state index in [1.807, 2.05) is 0 Å². The molecule has 0 unspecified atom stereocenters. The molecule has 1 amide bonds. The topological polar surface area (TPSA) is 94.1 Å². The van der Waals surface area contributed by atoms with E-state index in [0.717, 1.165) is 24.3 Å². The summed E-state index contributed by atoms with van der Waals surface area (Å²) in [5, 5.41) is 11.1. The minimum atomic E-state index is -1.18. The summed E-state index contributed by atoms with van der Waals surface area (Å²) >= 11 is 6.16. The van der Waals surface area contributed by atoms with E-state index in [4.69, 9.17) is 30.9 Å². The van der Waals surface area contributed by atoms with Gasteiger partial charge in [-0.25, -0.2) is 13.2 Å². The molecule has 0 saturated heterocycles. The molecule has 3 aromatic carbocycles. The van der Waals surface area contributed by atoms with Crippen LogP contribution in [0.15, 0.2) is 48.5 Å². The number of carbonyl (C=O) groups excluding carboxylic acids is 1. The van der Waals surface area contributed by atoms with Crippen molar-refractivity contribution in [2.45, 2.75) is 12.5 Å². The highest BCUT2D eigenvalue weighted by atomic mass is 35.5. The molecule has 3 aromatic rings. The minimum Gasteiger partial charge on any atom is -0.488 e. The van der Waals surface area contributed by atoms with Crippen molar-refractivity contribution >= 4 is 29.2 Å². The van der Waals surface area contributed by atoms with Crippen LogP contribution in [0.3, 0.4) is 0 Å². The first kappa shape index (κ1) is 24.2. The maximum absolute atomic E-state index is 14.7. The molecular formula is C24H17ClF3NO6. The van der Waals surface area contributed by atoms with Gasteiger partial charge in [-0.2, -0.15) is 0 Å². The molecule has 0 bridgehead atoms. The Balaban J connectivity index is 1.42. The smallest absolute Gasteiger partial charge is 0.307 e. The van der Waals surface area contributed by atoms with E-state index >= 15 is 0 Å². The fourth-order valence-corrected chi connectivity index (χ4v) is 3.58. The van der Waals surface area contributed by atoms with Crippen molar-refractivity contribution in [3.05, 3.63) is 82.1 Å². The minimum absolute atomic E-state index is 0.0447. The first-order valence-electron chi connectivity index (χ1n) is 10.2. The predicted octanol–water partition coefficient (Wildman–Crippen LogP) is 4.86. The summed E-state index contributed by atoms with van der Waals surface area (Å²) in [5.41, 5.74) is -0.354. The van der Waals surface area contributed by atoms with Crippen molar-refractivity contribution in [3.63, 3.8) is 0 Å². The van der Waals surface area contributed by atoms with Crippen LogP contribution < -0.4 is 19.5 Å². The average molecular weight is 508 g/mol. The molecule has 7 nitrogen and oxygen atoms in total. The highest BCUT2D eigenvalue weighted by Gasteiger charge is 2.23. The second kappa shape index (κ2) is 10.1. The molecule has 0 aromatic heterocycles. The molecule has 35 heavy (non-hydrogen) atoms. The van der Waals surface area contributed by atoms with E-state index in [9.17, 15) is 22.8 Å². The Bertz CT molecular complexity index is 1300. The molecule has 1 atom stereocenters. The fraction of sp³-hybridized carbons (Fsp3) is 0.167. The average Bonchev–Trinajstić information content (AvgIpc) is 2.78. The summed E-state index contributed by atoms with van der Waals surface area (Å²) < 4.78 is 58.3. The van der Waals surface area contributed by atoms with Crippen molar-refractivity contribution in [2.75, 3.05) is 18.5 Å². The summed E-state index contributed by atoms with van der Waals surface area (Å²) in [6.45, 7) is -0.00822. The zero-order valence-corrected chi connectivity index (χ0v) is 18.6. The van der Waals surface area contributed by atoms with Crippen LogP contribution in [0.25, 0.3) is 0 Å². The number of halogens is 4. The second-order valence-corrected chi connectivity index (χ2v) is 8.00. The molecule has 182 valence electrons. The highest BCUT2D eigenvalue weighted by molar-refractivity contribution is 6.32. The van der Waals surface area contributed by atoms with Gasteiger partial charge in [-0.05, 0) is 42.0 Å². The van der Waals surface area contributed by atoms with Crippen LogP contribution in [-0.4, -0.2) is 36.3 Å². The van der Waals surface area contributed by atoms with Gasteiger partial charge in [0.25, 0.3) is 5.91 Å². The molecule has 1 heterocycles. The molecule has 1 aliphatic heterocycles. The van der Waals surface area contributed by atoms with Gasteiger partial charge in [-0.15, -0.1) is 0 Å². The van der Waals surface area contributed by atoms with Gasteiger partial charge < -0.3 is 24.6 Å². The van der Waals surface area contributed by atoms with Crippen LogP contribution >= 0.6 is 11.6 Å². The van der Waals surface area contributed by atoms with Crippen LogP contribution in [-0.2, 0) is 11.2 Å². The number of carboxylic acid groups (broad SMARTS) is 1. The third-order valence-electron chi connectivity index (χ3n) is 4.89. The van der Waals surface area contributed by atoms with Gasteiger partial charge in [0, 0.05) is 17.8 Å². The number of amides is 1. The lowest BCUT2D eigenvalue weighted by atomic mass is 10.1. The van der Waals surface area contributed by atoms with Gasteiger partial charge in [0.2, 0.25) is 0 Å². The van der Waals surface area contributed by atoms with E-state index in [2.05, 4.69) is 5.32 Å². The zero-order chi connectivity index (χ0) is 25.1. The van der Waals surface area contributed by atoms with Crippen molar-refractivity contribution in [2.24, 2.45) is 0 Å². The van der Waals surface area contributed by atoms with Gasteiger partial charge in [0.05, 0.1) is 17.0 Å². The number of carboxylic acids is 1. The summed E-state index contributed by atoms with van der Waals surface area (Å²) in [6, 6.07) is 9.06. The maximum atomic E-state index is 14.7. The Morgan fingerprint density at radius 3 is 2.63 bits per heavy atom. The lowest BCUT2D eigenvalue weighted by Crippen LogP contribution is -2.34. The third kappa shape index (κ3) is 5.96. The van der Waals surface area contributed by atoms with Crippen molar-refractivity contribution in [3.8, 4) is 17.2 Å².